The van der Waals surface area contributed by atoms with Crippen molar-refractivity contribution in [3.8, 4) is 5.75 Å². The van der Waals surface area contributed by atoms with Gasteiger partial charge in [0.1, 0.15) is 17.0 Å². The van der Waals surface area contributed by atoms with E-state index in [9.17, 15) is 14.7 Å². The van der Waals surface area contributed by atoms with Crippen LogP contribution in [0.4, 0.5) is 4.79 Å². The molecule has 8 heteroatoms. The van der Waals surface area contributed by atoms with Gasteiger partial charge in [0, 0.05) is 0 Å². The minimum atomic E-state index is -2.02. The number of carbonyl (C=O) groups is 2. The number of carboxylic acids is 1. The second-order valence-electron chi connectivity index (χ2n) is 9.04. The number of nitrogens with one attached hydrogen (secondary N) is 1. The monoisotopic (exact) mass is 427 g/mol. The number of benzene rings is 1. The highest BCUT2D eigenvalue weighted by atomic mass is 35.5. The molecule has 0 aliphatic rings. The zero-order valence-electron chi connectivity index (χ0n) is 17.8. The predicted octanol–water partition coefficient (Wildman–Crippen LogP) is 5.67. The van der Waals surface area contributed by atoms with Crippen molar-refractivity contribution < 1.29 is 23.9 Å². The van der Waals surface area contributed by atoms with E-state index in [2.05, 4.69) is 39.2 Å². The van der Waals surface area contributed by atoms with Crippen molar-refractivity contribution in [3.05, 3.63) is 34.5 Å². The first-order chi connectivity index (χ1) is 12.5. The normalized spacial score (nSPS) is 13.1. The van der Waals surface area contributed by atoms with Crippen LogP contribution in [0.15, 0.2) is 23.9 Å². The molecular weight excluding hydrogens is 398 g/mol. The number of carboxylic acid groups (broad SMARTS) is 1. The topological polar surface area (TPSA) is 84.9 Å². The third kappa shape index (κ3) is 7.20. The van der Waals surface area contributed by atoms with Gasteiger partial charge in [0.2, 0.25) is 8.32 Å². The molecule has 0 aromatic heterocycles. The average molecular weight is 428 g/mol. The largest absolute Gasteiger partial charge is 0.543 e. The van der Waals surface area contributed by atoms with Crippen molar-refractivity contribution in [2.24, 2.45) is 0 Å². The quantitative estimate of drug-likeness (QED) is 0.466. The molecule has 0 atom stereocenters. The van der Waals surface area contributed by atoms with Gasteiger partial charge in [-0.3, -0.25) is 5.32 Å². The molecule has 0 unspecified atom stereocenters. The van der Waals surface area contributed by atoms with Gasteiger partial charge in [0.05, 0.1) is 5.02 Å². The minimum Gasteiger partial charge on any atom is -0.543 e. The van der Waals surface area contributed by atoms with Gasteiger partial charge in [-0.2, -0.15) is 0 Å². The maximum absolute atomic E-state index is 11.9. The van der Waals surface area contributed by atoms with E-state index in [0.29, 0.717) is 16.3 Å². The van der Waals surface area contributed by atoms with Gasteiger partial charge in [0.25, 0.3) is 0 Å². The molecule has 2 N–H and O–H groups in total. The van der Waals surface area contributed by atoms with Crippen molar-refractivity contribution in [2.75, 3.05) is 0 Å². The van der Waals surface area contributed by atoms with Crippen LogP contribution in [0, 0.1) is 0 Å². The zero-order chi connectivity index (χ0) is 21.9. The van der Waals surface area contributed by atoms with Crippen LogP contribution in [0.3, 0.4) is 0 Å². The Balaban J connectivity index is 3.08. The minimum absolute atomic E-state index is 0.0336. The maximum atomic E-state index is 11.9. The molecule has 0 aliphatic carbocycles. The van der Waals surface area contributed by atoms with E-state index in [1.54, 1.807) is 39.0 Å². The molecule has 1 rings (SSSR count). The van der Waals surface area contributed by atoms with Crippen molar-refractivity contribution >= 4 is 38.1 Å². The number of amides is 1. The first kappa shape index (κ1) is 24.0. The van der Waals surface area contributed by atoms with Crippen molar-refractivity contribution in [1.82, 2.24) is 5.32 Å². The van der Waals surface area contributed by atoms with E-state index in [4.69, 9.17) is 20.8 Å². The highest BCUT2D eigenvalue weighted by Crippen LogP contribution is 2.38. The standard InChI is InChI=1S/C20H30ClNO5Si/c1-19(2,3)26-18(25)22-16(17(23)24)11-13-9-10-14(12-15(13)21)27-28(7,8)20(4,5)6/h9-12H,1-8H3,(H,22,25)(H,23,24)/b16-11-. The van der Waals surface area contributed by atoms with Crippen molar-refractivity contribution in [1.29, 1.82) is 0 Å². The van der Waals surface area contributed by atoms with E-state index in [-0.39, 0.29) is 10.7 Å². The number of halogens is 1. The smallest absolute Gasteiger partial charge is 0.412 e. The van der Waals surface area contributed by atoms with Crippen LogP contribution >= 0.6 is 11.6 Å². The SMILES string of the molecule is CC(C)(C)OC(=O)N/C(=C\c1ccc(O[Si](C)(C)C(C)(C)C)cc1Cl)C(=O)O. The number of rotatable bonds is 5. The average Bonchev–Trinajstić information content (AvgIpc) is 2.45. The van der Waals surface area contributed by atoms with Crippen LogP contribution in [0.5, 0.6) is 5.75 Å². The molecule has 0 saturated heterocycles. The van der Waals surface area contributed by atoms with Crippen molar-refractivity contribution in [2.45, 2.75) is 65.3 Å². The van der Waals surface area contributed by atoms with Gasteiger partial charge >= 0.3 is 12.1 Å². The summed E-state index contributed by atoms with van der Waals surface area (Å²) in [5.41, 5.74) is -0.638. The molecule has 0 spiro atoms. The third-order valence-electron chi connectivity index (χ3n) is 4.32. The zero-order valence-corrected chi connectivity index (χ0v) is 19.5. The van der Waals surface area contributed by atoms with Crippen LogP contribution in [0.1, 0.15) is 47.1 Å². The molecule has 0 radical (unpaired) electrons. The molecule has 1 aromatic rings. The van der Waals surface area contributed by atoms with Gasteiger partial charge in [0.15, 0.2) is 0 Å². The Labute approximate surface area is 173 Å². The van der Waals surface area contributed by atoms with Gasteiger partial charge in [-0.15, -0.1) is 0 Å². The molecule has 0 heterocycles. The Kier molecular flexibility index (Phi) is 7.36. The number of carbonyl (C=O) groups excluding carboxylic acids is 1. The van der Waals surface area contributed by atoms with Crippen molar-refractivity contribution in [3.63, 3.8) is 0 Å². The summed E-state index contributed by atoms with van der Waals surface area (Å²) in [7, 11) is -2.02. The molecule has 28 heavy (non-hydrogen) atoms. The summed E-state index contributed by atoms with van der Waals surface area (Å²) in [6, 6.07) is 5.05. The molecule has 0 fully saturated rings. The number of alkyl carbamates (subject to hydrolysis) is 1. The second kappa shape index (κ2) is 8.57. The molecule has 1 aromatic carbocycles. The summed E-state index contributed by atoms with van der Waals surface area (Å²) in [5, 5.41) is 12.0. The summed E-state index contributed by atoms with van der Waals surface area (Å²) in [4.78, 5) is 23.3. The summed E-state index contributed by atoms with van der Waals surface area (Å²) in [6.07, 6.45) is 0.431. The highest BCUT2D eigenvalue weighted by Gasteiger charge is 2.39. The molecular formula is C20H30ClNO5Si. The van der Waals surface area contributed by atoms with E-state index in [1.807, 2.05) is 0 Å². The Hall–Kier alpha value is -1.99. The first-order valence-corrected chi connectivity index (χ1v) is 12.2. The van der Waals surface area contributed by atoms with Gasteiger partial charge in [-0.25, -0.2) is 9.59 Å². The fourth-order valence-corrected chi connectivity index (χ4v) is 3.10. The fraction of sp³-hybridized carbons (Fsp3) is 0.500. The summed E-state index contributed by atoms with van der Waals surface area (Å²) < 4.78 is 11.3. The summed E-state index contributed by atoms with van der Waals surface area (Å²) >= 11 is 6.32. The first-order valence-electron chi connectivity index (χ1n) is 8.95. The fourth-order valence-electron chi connectivity index (χ4n) is 1.86. The molecule has 6 nitrogen and oxygen atoms in total. The van der Waals surface area contributed by atoms with Crippen LogP contribution < -0.4 is 9.74 Å². The lowest BCUT2D eigenvalue weighted by Gasteiger charge is -2.36. The van der Waals surface area contributed by atoms with E-state index < -0.39 is 26.0 Å². The van der Waals surface area contributed by atoms with Crippen LogP contribution in [0.25, 0.3) is 6.08 Å². The number of aliphatic carboxylic acids is 1. The lowest BCUT2D eigenvalue weighted by Crippen LogP contribution is -2.43. The summed E-state index contributed by atoms with van der Waals surface area (Å²) in [5.74, 6) is -0.672. The number of hydrogen-bond acceptors (Lipinski definition) is 4. The van der Waals surface area contributed by atoms with Gasteiger partial charge < -0.3 is 14.3 Å². The summed E-state index contributed by atoms with van der Waals surface area (Å²) in [6.45, 7) is 15.7. The lowest BCUT2D eigenvalue weighted by molar-refractivity contribution is -0.133. The molecule has 0 aliphatic heterocycles. The molecule has 0 saturated carbocycles. The van der Waals surface area contributed by atoms with Crippen LogP contribution in [-0.4, -0.2) is 31.1 Å². The highest BCUT2D eigenvalue weighted by molar-refractivity contribution is 6.74. The van der Waals surface area contributed by atoms with Crippen LogP contribution in [-0.2, 0) is 9.53 Å². The van der Waals surface area contributed by atoms with E-state index in [0.717, 1.165) is 0 Å². The number of ether oxygens (including phenoxy) is 1. The number of hydrogen-bond donors (Lipinski definition) is 2. The Morgan fingerprint density at radius 1 is 1.14 bits per heavy atom. The van der Waals surface area contributed by atoms with Gasteiger partial charge in [-0.1, -0.05) is 32.4 Å². The Morgan fingerprint density at radius 3 is 2.14 bits per heavy atom. The Morgan fingerprint density at radius 2 is 1.71 bits per heavy atom. The molecule has 0 bridgehead atoms. The third-order valence-corrected chi connectivity index (χ3v) is 9.00. The lowest BCUT2D eigenvalue weighted by atomic mass is 10.2. The molecule has 156 valence electrons. The van der Waals surface area contributed by atoms with Crippen LogP contribution in [0.2, 0.25) is 23.2 Å². The van der Waals surface area contributed by atoms with E-state index in [1.165, 1.54) is 6.08 Å². The van der Waals surface area contributed by atoms with Gasteiger partial charge in [-0.05, 0) is 68.7 Å². The predicted molar refractivity (Wildman–Crippen MR) is 114 cm³/mol. The Bertz CT molecular complexity index is 776. The van der Waals surface area contributed by atoms with E-state index >= 15 is 0 Å². The maximum Gasteiger partial charge on any atom is 0.412 e. The second-order valence-corrected chi connectivity index (χ2v) is 14.2. The molecule has 1 amide bonds.